The molecule has 0 saturated heterocycles. The van der Waals surface area contributed by atoms with Crippen molar-refractivity contribution >= 4 is 21.6 Å². The summed E-state index contributed by atoms with van der Waals surface area (Å²) in [7, 11) is 2.22. The number of rotatable bonds is 4. The average Bonchev–Trinajstić information content (AvgIpc) is 3.00. The van der Waals surface area contributed by atoms with Crippen molar-refractivity contribution < 1.29 is 0 Å². The molecule has 3 unspecified atom stereocenters. The number of hydrogen-bond acceptors (Lipinski definition) is 2. The molecular formula is C17H25BrN2. The Morgan fingerprint density at radius 3 is 2.70 bits per heavy atom. The van der Waals surface area contributed by atoms with E-state index in [2.05, 4.69) is 46.1 Å². The molecule has 110 valence electrons. The summed E-state index contributed by atoms with van der Waals surface area (Å²) in [5.74, 6) is 2.92. The summed E-state index contributed by atoms with van der Waals surface area (Å²) < 4.78 is 1.16. The molecule has 2 aliphatic rings. The van der Waals surface area contributed by atoms with Crippen LogP contribution in [-0.4, -0.2) is 13.6 Å². The summed E-state index contributed by atoms with van der Waals surface area (Å²) in [6, 6.07) is 6.62. The van der Waals surface area contributed by atoms with E-state index in [0.717, 1.165) is 22.2 Å². The van der Waals surface area contributed by atoms with Gasteiger partial charge in [-0.15, -0.1) is 0 Å². The molecule has 2 nitrogen and oxygen atoms in total. The summed E-state index contributed by atoms with van der Waals surface area (Å²) in [4.78, 5) is 2.42. The highest BCUT2D eigenvalue weighted by Crippen LogP contribution is 2.48. The van der Waals surface area contributed by atoms with Crippen LogP contribution in [0.5, 0.6) is 0 Å². The molecule has 20 heavy (non-hydrogen) atoms. The van der Waals surface area contributed by atoms with Gasteiger partial charge >= 0.3 is 0 Å². The molecule has 3 rings (SSSR count). The smallest absolute Gasteiger partial charge is 0.0508 e. The zero-order chi connectivity index (χ0) is 14.3. The van der Waals surface area contributed by atoms with Gasteiger partial charge in [-0.05, 0) is 77.6 Å². The molecule has 4 atom stereocenters. The Bertz CT molecular complexity index is 486. The van der Waals surface area contributed by atoms with Crippen molar-refractivity contribution in [2.75, 3.05) is 18.5 Å². The third-order valence-electron chi connectivity index (χ3n) is 5.30. The molecule has 2 fully saturated rings. The molecule has 0 radical (unpaired) electrons. The Hall–Kier alpha value is -0.540. The van der Waals surface area contributed by atoms with E-state index in [1.165, 1.54) is 43.5 Å². The van der Waals surface area contributed by atoms with Crippen molar-refractivity contribution in [3.05, 3.63) is 28.2 Å². The first-order chi connectivity index (χ1) is 9.54. The number of nitrogens with two attached hydrogens (primary N) is 1. The van der Waals surface area contributed by atoms with Gasteiger partial charge in [-0.25, -0.2) is 0 Å². The maximum atomic E-state index is 5.95. The van der Waals surface area contributed by atoms with Crippen LogP contribution in [0.1, 0.15) is 44.2 Å². The molecule has 2 N–H and O–H groups in total. The van der Waals surface area contributed by atoms with Gasteiger partial charge in [-0.3, -0.25) is 0 Å². The fraction of sp³-hybridized carbons (Fsp3) is 0.647. The Morgan fingerprint density at radius 2 is 2.15 bits per heavy atom. The first kappa shape index (κ1) is 14.4. The lowest BCUT2D eigenvalue weighted by Crippen LogP contribution is -2.28. The van der Waals surface area contributed by atoms with Crippen molar-refractivity contribution in [3.63, 3.8) is 0 Å². The summed E-state index contributed by atoms with van der Waals surface area (Å²) in [6.45, 7) is 3.22. The maximum Gasteiger partial charge on any atom is 0.0508 e. The lowest BCUT2D eigenvalue weighted by molar-refractivity contribution is 0.337. The van der Waals surface area contributed by atoms with E-state index in [4.69, 9.17) is 5.73 Å². The third-order valence-corrected chi connectivity index (χ3v) is 5.94. The predicted molar refractivity (Wildman–Crippen MR) is 89.0 cm³/mol. The van der Waals surface area contributed by atoms with E-state index in [0.29, 0.717) is 0 Å². The largest absolute Gasteiger partial charge is 0.373 e. The number of halogens is 1. The van der Waals surface area contributed by atoms with Gasteiger partial charge in [-0.1, -0.05) is 12.5 Å². The van der Waals surface area contributed by atoms with Crippen LogP contribution in [0.25, 0.3) is 0 Å². The SMILES string of the molecule is C[C@H](N)c1ccc(N(C)CC2CC3CCC2C3)c(Br)c1. The van der Waals surface area contributed by atoms with Gasteiger partial charge in [0.25, 0.3) is 0 Å². The molecule has 2 saturated carbocycles. The molecule has 0 aliphatic heterocycles. The first-order valence-electron chi connectivity index (χ1n) is 7.80. The lowest BCUT2D eigenvalue weighted by atomic mass is 9.88. The van der Waals surface area contributed by atoms with Crippen molar-refractivity contribution in [1.82, 2.24) is 0 Å². The molecule has 1 aromatic rings. The fourth-order valence-electron chi connectivity index (χ4n) is 4.17. The first-order valence-corrected chi connectivity index (χ1v) is 8.60. The predicted octanol–water partition coefficient (Wildman–Crippen LogP) is 4.34. The summed E-state index contributed by atoms with van der Waals surface area (Å²) in [6.07, 6.45) is 5.89. The Kier molecular flexibility index (Phi) is 4.09. The van der Waals surface area contributed by atoms with E-state index in [1.54, 1.807) is 0 Å². The second kappa shape index (κ2) is 5.69. The second-order valence-electron chi connectivity index (χ2n) is 6.81. The van der Waals surface area contributed by atoms with Crippen molar-refractivity contribution in [2.45, 2.75) is 38.6 Å². The van der Waals surface area contributed by atoms with Gasteiger partial charge in [-0.2, -0.15) is 0 Å². The Balaban J connectivity index is 1.69. The molecule has 2 bridgehead atoms. The van der Waals surface area contributed by atoms with Crippen LogP contribution in [0.2, 0.25) is 0 Å². The topological polar surface area (TPSA) is 29.3 Å². The lowest BCUT2D eigenvalue weighted by Gasteiger charge is -2.29. The van der Waals surface area contributed by atoms with Crippen molar-refractivity contribution in [1.29, 1.82) is 0 Å². The van der Waals surface area contributed by atoms with Gasteiger partial charge in [0.1, 0.15) is 0 Å². The molecule has 1 aromatic carbocycles. The van der Waals surface area contributed by atoms with E-state index < -0.39 is 0 Å². The standard InChI is InChI=1S/C17H25BrN2/c1-11(19)13-5-6-17(16(18)9-13)20(2)10-15-8-12-3-4-14(15)7-12/h5-6,9,11-12,14-15H,3-4,7-8,10,19H2,1-2H3/t11-,12?,14?,15?/m0/s1. The average molecular weight is 337 g/mol. The molecule has 2 aliphatic carbocycles. The number of fused-ring (bicyclic) bond motifs is 2. The number of anilines is 1. The number of hydrogen-bond donors (Lipinski definition) is 1. The zero-order valence-electron chi connectivity index (χ0n) is 12.5. The van der Waals surface area contributed by atoms with Crippen LogP contribution in [0.15, 0.2) is 22.7 Å². The maximum absolute atomic E-state index is 5.95. The van der Waals surface area contributed by atoms with Crippen LogP contribution in [0.4, 0.5) is 5.69 Å². The quantitative estimate of drug-likeness (QED) is 0.885. The molecule has 0 spiro atoms. The number of nitrogens with zero attached hydrogens (tertiary/aromatic N) is 1. The summed E-state index contributed by atoms with van der Waals surface area (Å²) in [5, 5.41) is 0. The van der Waals surface area contributed by atoms with E-state index in [1.807, 2.05) is 6.92 Å². The van der Waals surface area contributed by atoms with Crippen molar-refractivity contribution in [2.24, 2.45) is 23.5 Å². The summed E-state index contributed by atoms with van der Waals surface area (Å²) >= 11 is 3.71. The molecule has 3 heteroatoms. The minimum absolute atomic E-state index is 0.0937. The van der Waals surface area contributed by atoms with Crippen LogP contribution in [0.3, 0.4) is 0 Å². The highest BCUT2D eigenvalue weighted by atomic mass is 79.9. The van der Waals surface area contributed by atoms with Gasteiger partial charge in [0.15, 0.2) is 0 Å². The van der Waals surface area contributed by atoms with Crippen LogP contribution in [0, 0.1) is 17.8 Å². The van der Waals surface area contributed by atoms with E-state index in [9.17, 15) is 0 Å². The van der Waals surface area contributed by atoms with Crippen LogP contribution in [-0.2, 0) is 0 Å². The summed E-state index contributed by atoms with van der Waals surface area (Å²) in [5.41, 5.74) is 8.43. The highest BCUT2D eigenvalue weighted by Gasteiger charge is 2.39. The molecule has 0 heterocycles. The van der Waals surface area contributed by atoms with Crippen LogP contribution < -0.4 is 10.6 Å². The molecule has 0 amide bonds. The van der Waals surface area contributed by atoms with Crippen molar-refractivity contribution in [3.8, 4) is 0 Å². The van der Waals surface area contributed by atoms with E-state index in [-0.39, 0.29) is 6.04 Å². The normalized spacial score (nSPS) is 29.7. The Labute approximate surface area is 130 Å². The number of benzene rings is 1. The van der Waals surface area contributed by atoms with Gasteiger partial charge in [0.2, 0.25) is 0 Å². The van der Waals surface area contributed by atoms with Gasteiger partial charge in [0.05, 0.1) is 5.69 Å². The molecular weight excluding hydrogens is 312 g/mol. The fourth-order valence-corrected chi connectivity index (χ4v) is 4.87. The van der Waals surface area contributed by atoms with Gasteiger partial charge in [0, 0.05) is 24.1 Å². The minimum atomic E-state index is 0.0937. The third kappa shape index (κ3) is 2.75. The zero-order valence-corrected chi connectivity index (χ0v) is 14.1. The minimum Gasteiger partial charge on any atom is -0.373 e. The Morgan fingerprint density at radius 1 is 1.35 bits per heavy atom. The second-order valence-corrected chi connectivity index (χ2v) is 7.67. The van der Waals surface area contributed by atoms with Gasteiger partial charge < -0.3 is 10.6 Å². The monoisotopic (exact) mass is 336 g/mol. The molecule has 0 aromatic heterocycles. The van der Waals surface area contributed by atoms with E-state index >= 15 is 0 Å². The highest BCUT2D eigenvalue weighted by molar-refractivity contribution is 9.10. The van der Waals surface area contributed by atoms with Crippen LogP contribution >= 0.6 is 15.9 Å².